The van der Waals surface area contributed by atoms with Crippen LogP contribution in [0.25, 0.3) is 0 Å². The van der Waals surface area contributed by atoms with E-state index in [1.807, 2.05) is 18.2 Å². The van der Waals surface area contributed by atoms with Crippen molar-refractivity contribution in [3.05, 3.63) is 59.7 Å². The molecule has 0 bridgehead atoms. The lowest BCUT2D eigenvalue weighted by Gasteiger charge is -2.15. The Kier molecular flexibility index (Phi) is 5.64. The molecule has 0 spiro atoms. The molecule has 0 saturated heterocycles. The van der Waals surface area contributed by atoms with Crippen LogP contribution in [0, 0.1) is 6.92 Å². The first kappa shape index (κ1) is 15.4. The largest absolute Gasteiger partial charge is 0.492 e. The number of nitrogens with one attached hydrogen (secondary N) is 1. The summed E-state index contributed by atoms with van der Waals surface area (Å²) in [4.78, 5) is 2.12. The van der Waals surface area contributed by atoms with Crippen molar-refractivity contribution in [2.75, 3.05) is 32.6 Å². The number of benzene rings is 2. The number of ether oxygens (including phenoxy) is 1. The Morgan fingerprint density at radius 3 is 2.48 bits per heavy atom. The summed E-state index contributed by atoms with van der Waals surface area (Å²) < 4.78 is 5.88. The van der Waals surface area contributed by atoms with E-state index in [0.29, 0.717) is 6.61 Å². The lowest BCUT2D eigenvalue weighted by molar-refractivity contribution is 0.259. The number of rotatable bonds is 7. The summed E-state index contributed by atoms with van der Waals surface area (Å²) >= 11 is 0. The summed E-state index contributed by atoms with van der Waals surface area (Å²) in [5.74, 6) is 0.959. The second-order valence-electron chi connectivity index (χ2n) is 5.43. The highest BCUT2D eigenvalue weighted by Crippen LogP contribution is 2.21. The van der Waals surface area contributed by atoms with E-state index in [1.165, 1.54) is 16.8 Å². The van der Waals surface area contributed by atoms with Gasteiger partial charge >= 0.3 is 0 Å². The third-order valence-corrected chi connectivity index (χ3v) is 3.38. The molecule has 2 rings (SSSR count). The zero-order valence-corrected chi connectivity index (χ0v) is 13.1. The van der Waals surface area contributed by atoms with E-state index in [9.17, 15) is 0 Å². The zero-order valence-electron chi connectivity index (χ0n) is 13.1. The summed E-state index contributed by atoms with van der Waals surface area (Å²) in [6.45, 7) is 4.50. The van der Waals surface area contributed by atoms with Crippen molar-refractivity contribution in [1.82, 2.24) is 4.90 Å². The van der Waals surface area contributed by atoms with Gasteiger partial charge < -0.3 is 15.0 Å². The molecular weight excluding hydrogens is 260 g/mol. The monoisotopic (exact) mass is 284 g/mol. The van der Waals surface area contributed by atoms with Crippen LogP contribution in [-0.2, 0) is 6.54 Å². The van der Waals surface area contributed by atoms with Gasteiger partial charge in [0, 0.05) is 24.3 Å². The Morgan fingerprint density at radius 2 is 1.71 bits per heavy atom. The molecule has 2 aromatic rings. The Bertz CT molecular complexity index is 567. The molecule has 0 saturated carbocycles. The number of anilines is 1. The van der Waals surface area contributed by atoms with Gasteiger partial charge in [-0.25, -0.2) is 0 Å². The number of aryl methyl sites for hydroxylation is 1. The molecule has 0 aliphatic rings. The van der Waals surface area contributed by atoms with Crippen molar-refractivity contribution >= 4 is 5.69 Å². The number of para-hydroxylation sites is 2. The van der Waals surface area contributed by atoms with Gasteiger partial charge in [-0.2, -0.15) is 0 Å². The van der Waals surface area contributed by atoms with E-state index in [4.69, 9.17) is 4.74 Å². The van der Waals surface area contributed by atoms with Crippen molar-refractivity contribution in [2.45, 2.75) is 13.5 Å². The number of hydrogen-bond acceptors (Lipinski definition) is 3. The van der Waals surface area contributed by atoms with E-state index in [-0.39, 0.29) is 0 Å². The third-order valence-electron chi connectivity index (χ3n) is 3.38. The summed E-state index contributed by atoms with van der Waals surface area (Å²) in [5.41, 5.74) is 3.60. The molecular formula is C18H24N2O. The highest BCUT2D eigenvalue weighted by molar-refractivity contribution is 5.51. The standard InChI is InChI=1S/C18H24N2O/c1-15-8-4-6-10-17(15)19-14-16-9-5-7-11-18(16)21-13-12-20(2)3/h4-11,19H,12-14H2,1-3H3. The average molecular weight is 284 g/mol. The maximum atomic E-state index is 5.88. The molecule has 0 aliphatic heterocycles. The Balaban J connectivity index is 1.98. The van der Waals surface area contributed by atoms with Crippen molar-refractivity contribution in [1.29, 1.82) is 0 Å². The van der Waals surface area contributed by atoms with Crippen LogP contribution in [-0.4, -0.2) is 32.1 Å². The van der Waals surface area contributed by atoms with E-state index in [2.05, 4.69) is 61.6 Å². The predicted molar refractivity (Wildman–Crippen MR) is 89.0 cm³/mol. The van der Waals surface area contributed by atoms with Gasteiger partial charge in [0.05, 0.1) is 0 Å². The lowest BCUT2D eigenvalue weighted by atomic mass is 10.1. The van der Waals surface area contributed by atoms with Crippen LogP contribution in [0.15, 0.2) is 48.5 Å². The smallest absolute Gasteiger partial charge is 0.124 e. The van der Waals surface area contributed by atoms with Crippen LogP contribution >= 0.6 is 0 Å². The molecule has 2 aromatic carbocycles. The summed E-state index contributed by atoms with van der Waals surface area (Å²) in [6.07, 6.45) is 0. The van der Waals surface area contributed by atoms with Crippen LogP contribution in [0.1, 0.15) is 11.1 Å². The minimum atomic E-state index is 0.703. The van der Waals surface area contributed by atoms with Gasteiger partial charge in [0.1, 0.15) is 12.4 Å². The third kappa shape index (κ3) is 4.80. The summed E-state index contributed by atoms with van der Waals surface area (Å²) in [6, 6.07) is 16.5. The molecule has 3 nitrogen and oxygen atoms in total. The van der Waals surface area contributed by atoms with E-state index in [0.717, 1.165) is 18.8 Å². The Labute approximate surface area is 127 Å². The average Bonchev–Trinajstić information content (AvgIpc) is 2.47. The first-order chi connectivity index (χ1) is 10.2. The van der Waals surface area contributed by atoms with Crippen molar-refractivity contribution < 1.29 is 4.74 Å². The molecule has 0 radical (unpaired) electrons. The molecule has 3 heteroatoms. The van der Waals surface area contributed by atoms with Gasteiger partial charge in [0.2, 0.25) is 0 Å². The molecule has 21 heavy (non-hydrogen) atoms. The van der Waals surface area contributed by atoms with Gasteiger partial charge in [-0.15, -0.1) is 0 Å². The number of likely N-dealkylation sites (N-methyl/N-ethyl adjacent to an activating group) is 1. The SMILES string of the molecule is Cc1ccccc1NCc1ccccc1OCCN(C)C. The van der Waals surface area contributed by atoms with Crippen molar-refractivity contribution in [3.8, 4) is 5.75 Å². The minimum absolute atomic E-state index is 0.703. The van der Waals surface area contributed by atoms with Crippen LogP contribution in [0.3, 0.4) is 0 Å². The second kappa shape index (κ2) is 7.70. The predicted octanol–water partition coefficient (Wildman–Crippen LogP) is 3.55. The molecule has 0 amide bonds. The fourth-order valence-electron chi connectivity index (χ4n) is 2.09. The quantitative estimate of drug-likeness (QED) is 0.841. The fourth-order valence-corrected chi connectivity index (χ4v) is 2.09. The number of hydrogen-bond donors (Lipinski definition) is 1. The summed E-state index contributed by atoms with van der Waals surface area (Å²) in [5, 5.41) is 3.48. The molecule has 1 N–H and O–H groups in total. The maximum absolute atomic E-state index is 5.88. The molecule has 0 fully saturated rings. The van der Waals surface area contributed by atoms with Gasteiger partial charge in [-0.3, -0.25) is 0 Å². The van der Waals surface area contributed by atoms with Crippen molar-refractivity contribution in [3.63, 3.8) is 0 Å². The highest BCUT2D eigenvalue weighted by atomic mass is 16.5. The molecule has 0 unspecified atom stereocenters. The number of nitrogens with zero attached hydrogens (tertiary/aromatic N) is 1. The molecule has 112 valence electrons. The molecule has 0 atom stereocenters. The van der Waals surface area contributed by atoms with E-state index in [1.54, 1.807) is 0 Å². The van der Waals surface area contributed by atoms with Crippen LogP contribution in [0.4, 0.5) is 5.69 Å². The van der Waals surface area contributed by atoms with E-state index < -0.39 is 0 Å². The molecule has 0 aliphatic carbocycles. The first-order valence-electron chi connectivity index (χ1n) is 7.32. The van der Waals surface area contributed by atoms with Gasteiger partial charge in [-0.1, -0.05) is 36.4 Å². The van der Waals surface area contributed by atoms with Gasteiger partial charge in [-0.05, 0) is 38.7 Å². The molecule has 0 aromatic heterocycles. The Morgan fingerprint density at radius 1 is 1.00 bits per heavy atom. The van der Waals surface area contributed by atoms with Crippen molar-refractivity contribution in [2.24, 2.45) is 0 Å². The minimum Gasteiger partial charge on any atom is -0.492 e. The second-order valence-corrected chi connectivity index (χ2v) is 5.43. The Hall–Kier alpha value is -2.00. The zero-order chi connectivity index (χ0) is 15.1. The highest BCUT2D eigenvalue weighted by Gasteiger charge is 2.04. The van der Waals surface area contributed by atoms with Gasteiger partial charge in [0.25, 0.3) is 0 Å². The fraction of sp³-hybridized carbons (Fsp3) is 0.333. The normalized spacial score (nSPS) is 10.7. The van der Waals surface area contributed by atoms with Crippen LogP contribution < -0.4 is 10.1 Å². The van der Waals surface area contributed by atoms with Gasteiger partial charge in [0.15, 0.2) is 0 Å². The maximum Gasteiger partial charge on any atom is 0.124 e. The molecule has 0 heterocycles. The topological polar surface area (TPSA) is 24.5 Å². The van der Waals surface area contributed by atoms with Crippen LogP contribution in [0.2, 0.25) is 0 Å². The lowest BCUT2D eigenvalue weighted by Crippen LogP contribution is -2.19. The van der Waals surface area contributed by atoms with E-state index >= 15 is 0 Å². The summed E-state index contributed by atoms with van der Waals surface area (Å²) in [7, 11) is 4.10. The first-order valence-corrected chi connectivity index (χ1v) is 7.32. The van der Waals surface area contributed by atoms with Crippen LogP contribution in [0.5, 0.6) is 5.75 Å².